The minimum Gasteiger partial charge on any atom is -0.370 e. The van der Waals surface area contributed by atoms with Crippen LogP contribution in [0.15, 0.2) is 18.2 Å². The summed E-state index contributed by atoms with van der Waals surface area (Å²) in [6.07, 6.45) is 0. The normalized spacial score (nSPS) is 15.4. The molecule has 0 aliphatic carbocycles. The summed E-state index contributed by atoms with van der Waals surface area (Å²) in [6.45, 7) is 0.699. The van der Waals surface area contributed by atoms with Gasteiger partial charge in [0.05, 0.1) is 6.61 Å². The molecule has 0 aromatic heterocycles. The van der Waals surface area contributed by atoms with Crippen molar-refractivity contribution in [1.29, 1.82) is 0 Å². The van der Waals surface area contributed by atoms with Crippen molar-refractivity contribution in [2.75, 3.05) is 24.7 Å². The van der Waals surface area contributed by atoms with Crippen LogP contribution in [0.2, 0.25) is 0 Å². The summed E-state index contributed by atoms with van der Waals surface area (Å²) >= 11 is 0. The molecule has 4 N–H and O–H groups in total. The fraction of sp³-hybridized carbons (Fsp3) is 0.250. The second kappa shape index (κ2) is 5.07. The minimum absolute atomic E-state index is 0.0350. The summed E-state index contributed by atoms with van der Waals surface area (Å²) in [7, 11) is 0. The Labute approximate surface area is 109 Å². The molecule has 0 atom stereocenters. The number of benzene rings is 1. The maximum absolute atomic E-state index is 11.7. The smallest absolute Gasteiger partial charge is 0.253 e. The van der Waals surface area contributed by atoms with E-state index in [1.165, 1.54) is 23.1 Å². The maximum atomic E-state index is 11.7. The fourth-order valence-corrected chi connectivity index (χ4v) is 1.84. The van der Waals surface area contributed by atoms with Gasteiger partial charge in [-0.25, -0.2) is 0 Å². The Morgan fingerprint density at radius 1 is 1.11 bits per heavy atom. The molecular weight excluding hydrogens is 250 g/mol. The molecule has 7 nitrogen and oxygen atoms in total. The SMILES string of the molecule is NC(=O)c1cc(C(N)=O)cc(N2CCOCC2=O)c1. The third-order valence-electron chi connectivity index (χ3n) is 2.78. The first kappa shape index (κ1) is 13.0. The molecule has 1 aliphatic rings. The van der Waals surface area contributed by atoms with E-state index in [1.54, 1.807) is 0 Å². The lowest BCUT2D eigenvalue weighted by atomic mass is 10.1. The van der Waals surface area contributed by atoms with Gasteiger partial charge in [-0.15, -0.1) is 0 Å². The van der Waals surface area contributed by atoms with Crippen molar-refractivity contribution in [2.24, 2.45) is 11.5 Å². The molecule has 1 aromatic carbocycles. The molecule has 0 radical (unpaired) electrons. The van der Waals surface area contributed by atoms with Gasteiger partial charge in [-0.2, -0.15) is 0 Å². The molecule has 7 heteroatoms. The molecule has 0 bridgehead atoms. The zero-order chi connectivity index (χ0) is 14.0. The molecule has 1 heterocycles. The number of nitrogens with two attached hydrogens (primary N) is 2. The third kappa shape index (κ3) is 2.71. The van der Waals surface area contributed by atoms with E-state index in [2.05, 4.69) is 0 Å². The molecule has 3 amide bonds. The van der Waals surface area contributed by atoms with Gasteiger partial charge in [0.15, 0.2) is 0 Å². The average Bonchev–Trinajstić information content (AvgIpc) is 2.38. The predicted molar refractivity (Wildman–Crippen MR) is 66.6 cm³/mol. The number of morpholine rings is 1. The zero-order valence-electron chi connectivity index (χ0n) is 10.1. The quantitative estimate of drug-likeness (QED) is 0.746. The number of hydrogen-bond acceptors (Lipinski definition) is 4. The Morgan fingerprint density at radius 2 is 1.68 bits per heavy atom. The largest absolute Gasteiger partial charge is 0.370 e. The molecule has 100 valence electrons. The van der Waals surface area contributed by atoms with Crippen LogP contribution in [-0.4, -0.2) is 37.5 Å². The lowest BCUT2D eigenvalue weighted by Crippen LogP contribution is -2.41. The highest BCUT2D eigenvalue weighted by Crippen LogP contribution is 2.21. The molecule has 1 aromatic rings. The van der Waals surface area contributed by atoms with Crippen molar-refractivity contribution >= 4 is 23.4 Å². The molecule has 1 saturated heterocycles. The molecule has 1 fully saturated rings. The van der Waals surface area contributed by atoms with E-state index in [1.807, 2.05) is 0 Å². The van der Waals surface area contributed by atoms with Gasteiger partial charge in [0.1, 0.15) is 6.61 Å². The van der Waals surface area contributed by atoms with E-state index in [4.69, 9.17) is 16.2 Å². The number of carbonyl (C=O) groups excluding carboxylic acids is 3. The summed E-state index contributed by atoms with van der Waals surface area (Å²) in [5.41, 5.74) is 11.1. The van der Waals surface area contributed by atoms with E-state index in [9.17, 15) is 14.4 Å². The van der Waals surface area contributed by atoms with Crippen LogP contribution in [0.25, 0.3) is 0 Å². The van der Waals surface area contributed by atoms with Crippen LogP contribution >= 0.6 is 0 Å². The highest BCUT2D eigenvalue weighted by molar-refractivity contribution is 6.02. The summed E-state index contributed by atoms with van der Waals surface area (Å²) in [4.78, 5) is 35.6. The van der Waals surface area contributed by atoms with Crippen molar-refractivity contribution in [3.63, 3.8) is 0 Å². The molecule has 19 heavy (non-hydrogen) atoms. The first-order valence-electron chi connectivity index (χ1n) is 5.62. The molecular formula is C12H13N3O4. The highest BCUT2D eigenvalue weighted by Gasteiger charge is 2.22. The molecule has 0 spiro atoms. The summed E-state index contributed by atoms with van der Waals surface area (Å²) in [5, 5.41) is 0. The van der Waals surface area contributed by atoms with Gasteiger partial charge in [-0.3, -0.25) is 14.4 Å². The van der Waals surface area contributed by atoms with E-state index in [0.29, 0.717) is 18.8 Å². The van der Waals surface area contributed by atoms with Gasteiger partial charge in [-0.1, -0.05) is 0 Å². The Balaban J connectivity index is 2.46. The van der Waals surface area contributed by atoms with Gasteiger partial charge in [0, 0.05) is 23.4 Å². The van der Waals surface area contributed by atoms with Crippen molar-refractivity contribution in [3.8, 4) is 0 Å². The summed E-state index contributed by atoms with van der Waals surface area (Å²) < 4.78 is 5.01. The standard InChI is InChI=1S/C12H13N3O4/c13-11(17)7-3-8(12(14)18)5-9(4-7)15-1-2-19-6-10(15)16/h3-5H,1-2,6H2,(H2,13,17)(H2,14,18). The number of primary amides is 2. The number of ether oxygens (including phenoxy) is 1. The average molecular weight is 263 g/mol. The molecule has 0 unspecified atom stereocenters. The van der Waals surface area contributed by atoms with Crippen molar-refractivity contribution < 1.29 is 19.1 Å². The monoisotopic (exact) mass is 263 g/mol. The topological polar surface area (TPSA) is 116 Å². The summed E-state index contributed by atoms with van der Waals surface area (Å²) in [5.74, 6) is -1.63. The first-order chi connectivity index (χ1) is 8.99. The lowest BCUT2D eigenvalue weighted by Gasteiger charge is -2.27. The van der Waals surface area contributed by atoms with Crippen molar-refractivity contribution in [3.05, 3.63) is 29.3 Å². The third-order valence-corrected chi connectivity index (χ3v) is 2.78. The Kier molecular flexibility index (Phi) is 3.48. The molecule has 2 rings (SSSR count). The first-order valence-corrected chi connectivity index (χ1v) is 5.62. The van der Waals surface area contributed by atoms with Crippen LogP contribution in [-0.2, 0) is 9.53 Å². The summed E-state index contributed by atoms with van der Waals surface area (Å²) in [6, 6.07) is 4.22. The minimum atomic E-state index is -0.690. The van der Waals surface area contributed by atoms with Gasteiger partial charge in [-0.05, 0) is 18.2 Å². The van der Waals surface area contributed by atoms with Gasteiger partial charge in [0.2, 0.25) is 11.8 Å². The number of hydrogen-bond donors (Lipinski definition) is 2. The van der Waals surface area contributed by atoms with Crippen LogP contribution < -0.4 is 16.4 Å². The van der Waals surface area contributed by atoms with E-state index in [-0.39, 0.29) is 23.6 Å². The second-order valence-electron chi connectivity index (χ2n) is 4.10. The van der Waals surface area contributed by atoms with Crippen LogP contribution in [0.4, 0.5) is 5.69 Å². The Morgan fingerprint density at radius 3 is 2.16 bits per heavy atom. The maximum Gasteiger partial charge on any atom is 0.253 e. The zero-order valence-corrected chi connectivity index (χ0v) is 10.1. The van der Waals surface area contributed by atoms with E-state index in [0.717, 1.165) is 0 Å². The van der Waals surface area contributed by atoms with Crippen LogP contribution in [0, 0.1) is 0 Å². The lowest BCUT2D eigenvalue weighted by molar-refractivity contribution is -0.125. The van der Waals surface area contributed by atoms with Crippen LogP contribution in [0.5, 0.6) is 0 Å². The second-order valence-corrected chi connectivity index (χ2v) is 4.10. The van der Waals surface area contributed by atoms with Crippen LogP contribution in [0.1, 0.15) is 20.7 Å². The fourth-order valence-electron chi connectivity index (χ4n) is 1.84. The van der Waals surface area contributed by atoms with Gasteiger partial charge < -0.3 is 21.1 Å². The van der Waals surface area contributed by atoms with Crippen LogP contribution in [0.3, 0.4) is 0 Å². The number of rotatable bonds is 3. The van der Waals surface area contributed by atoms with Crippen molar-refractivity contribution in [1.82, 2.24) is 0 Å². The number of carbonyl (C=O) groups is 3. The number of amides is 3. The van der Waals surface area contributed by atoms with Crippen molar-refractivity contribution in [2.45, 2.75) is 0 Å². The highest BCUT2D eigenvalue weighted by atomic mass is 16.5. The number of nitrogens with zero attached hydrogens (tertiary/aromatic N) is 1. The number of anilines is 1. The van der Waals surface area contributed by atoms with E-state index < -0.39 is 11.8 Å². The van der Waals surface area contributed by atoms with E-state index >= 15 is 0 Å². The Hall–Kier alpha value is -2.41. The predicted octanol–water partition coefficient (Wildman–Crippen LogP) is -0.752. The van der Waals surface area contributed by atoms with Gasteiger partial charge >= 0.3 is 0 Å². The van der Waals surface area contributed by atoms with Gasteiger partial charge in [0.25, 0.3) is 5.91 Å². The molecule has 0 saturated carbocycles. The molecule has 1 aliphatic heterocycles. The Bertz CT molecular complexity index is 524.